The molecule has 0 saturated heterocycles. The van der Waals surface area contributed by atoms with Gasteiger partial charge >= 0.3 is 5.97 Å². The van der Waals surface area contributed by atoms with Crippen LogP contribution in [0, 0.1) is 0 Å². The maximum absolute atomic E-state index is 10.8. The minimum atomic E-state index is -0.617. The fourth-order valence-electron chi connectivity index (χ4n) is 0.966. The van der Waals surface area contributed by atoms with E-state index in [0.29, 0.717) is 0 Å². The highest BCUT2D eigenvalue weighted by atomic mass is 16.5. The summed E-state index contributed by atoms with van der Waals surface area (Å²) in [6.45, 7) is 0. The van der Waals surface area contributed by atoms with Crippen LogP contribution in [0.15, 0.2) is 11.3 Å². The number of hydrogen-bond donors (Lipinski definition) is 1. The maximum Gasteiger partial charge on any atom is 0.337 e. The Morgan fingerprint density at radius 1 is 1.55 bits per heavy atom. The third-order valence-corrected chi connectivity index (χ3v) is 1.58. The Hall–Kier alpha value is -1.32. The molecule has 11 heavy (non-hydrogen) atoms. The summed E-state index contributed by atoms with van der Waals surface area (Å²) in [4.78, 5) is 21.5. The average Bonchev–Trinajstić information content (AvgIpc) is 2.32. The first-order chi connectivity index (χ1) is 5.16. The van der Waals surface area contributed by atoms with Crippen molar-refractivity contribution in [1.29, 1.82) is 0 Å². The Labute approximate surface area is 63.5 Å². The molecule has 0 aliphatic heterocycles. The zero-order chi connectivity index (χ0) is 8.43. The van der Waals surface area contributed by atoms with Gasteiger partial charge in [0.1, 0.15) is 0 Å². The first-order valence-electron chi connectivity index (χ1n) is 3.20. The van der Waals surface area contributed by atoms with Gasteiger partial charge in [-0.25, -0.2) is 4.79 Å². The molecule has 0 aromatic heterocycles. The van der Waals surface area contributed by atoms with Gasteiger partial charge in [-0.05, 0) is 6.42 Å². The van der Waals surface area contributed by atoms with Crippen molar-refractivity contribution < 1.29 is 19.4 Å². The fourth-order valence-corrected chi connectivity index (χ4v) is 0.966. The second-order valence-electron chi connectivity index (χ2n) is 2.24. The monoisotopic (exact) mass is 156 g/mol. The molecule has 0 atom stereocenters. The van der Waals surface area contributed by atoms with Crippen LogP contribution in [0.3, 0.4) is 0 Å². The number of Topliss-reactive ketones (excluding diaryl/α,β-unsaturated/α-hetero) is 1. The van der Waals surface area contributed by atoms with Crippen LogP contribution in [0.25, 0.3) is 0 Å². The number of ether oxygens (including phenoxy) is 1. The van der Waals surface area contributed by atoms with E-state index in [2.05, 4.69) is 4.74 Å². The van der Waals surface area contributed by atoms with Crippen molar-refractivity contribution in [2.75, 3.05) is 7.11 Å². The minimum absolute atomic E-state index is 0.0949. The average molecular weight is 156 g/mol. The molecule has 0 fully saturated rings. The van der Waals surface area contributed by atoms with Crippen molar-refractivity contribution >= 4 is 11.8 Å². The smallest absolute Gasteiger partial charge is 0.337 e. The summed E-state index contributed by atoms with van der Waals surface area (Å²) in [5.74, 6) is -1.43. The second kappa shape index (κ2) is 2.74. The summed E-state index contributed by atoms with van der Waals surface area (Å²) < 4.78 is 4.34. The molecule has 1 aliphatic carbocycles. The molecule has 0 aromatic rings. The van der Waals surface area contributed by atoms with Crippen molar-refractivity contribution in [3.05, 3.63) is 11.3 Å². The lowest BCUT2D eigenvalue weighted by molar-refractivity contribution is -0.136. The van der Waals surface area contributed by atoms with Gasteiger partial charge in [-0.1, -0.05) is 0 Å². The summed E-state index contributed by atoms with van der Waals surface area (Å²) in [5.41, 5.74) is 0.0949. The molecule has 0 heterocycles. The van der Waals surface area contributed by atoms with Crippen LogP contribution in [0.1, 0.15) is 12.8 Å². The highest BCUT2D eigenvalue weighted by molar-refractivity contribution is 6.05. The van der Waals surface area contributed by atoms with E-state index in [0.717, 1.165) is 0 Å². The lowest BCUT2D eigenvalue weighted by atomic mass is 10.2. The molecule has 60 valence electrons. The Balaban J connectivity index is 2.88. The van der Waals surface area contributed by atoms with Crippen LogP contribution in [-0.4, -0.2) is 24.0 Å². The molecule has 0 amide bonds. The van der Waals surface area contributed by atoms with Crippen LogP contribution in [0.4, 0.5) is 0 Å². The van der Waals surface area contributed by atoms with Crippen molar-refractivity contribution in [2.24, 2.45) is 0 Å². The summed E-state index contributed by atoms with van der Waals surface area (Å²) >= 11 is 0. The van der Waals surface area contributed by atoms with Gasteiger partial charge < -0.3 is 9.84 Å². The molecule has 0 aromatic carbocycles. The van der Waals surface area contributed by atoms with Crippen molar-refractivity contribution in [2.45, 2.75) is 12.8 Å². The van der Waals surface area contributed by atoms with E-state index in [1.807, 2.05) is 0 Å². The van der Waals surface area contributed by atoms with Crippen LogP contribution < -0.4 is 0 Å². The number of allylic oxidation sites excluding steroid dienone is 1. The normalized spacial score (nSPS) is 17.4. The van der Waals surface area contributed by atoms with E-state index in [1.54, 1.807) is 0 Å². The molecular weight excluding hydrogens is 148 g/mol. The molecule has 4 nitrogen and oxygen atoms in total. The Morgan fingerprint density at radius 2 is 2.18 bits per heavy atom. The van der Waals surface area contributed by atoms with E-state index in [-0.39, 0.29) is 24.2 Å². The summed E-state index contributed by atoms with van der Waals surface area (Å²) in [6.07, 6.45) is 0.494. The Morgan fingerprint density at radius 3 is 2.55 bits per heavy atom. The number of hydrogen-bond acceptors (Lipinski definition) is 4. The zero-order valence-electron chi connectivity index (χ0n) is 6.09. The van der Waals surface area contributed by atoms with Gasteiger partial charge in [-0.3, -0.25) is 4.79 Å². The standard InChI is InChI=1S/C7H8O4/c1-11-7(10)4-2-3-5(8)6(4)9/h9H,2-3H2,1H3. The van der Waals surface area contributed by atoms with E-state index < -0.39 is 11.7 Å². The van der Waals surface area contributed by atoms with E-state index in [4.69, 9.17) is 5.11 Å². The Bertz CT molecular complexity index is 239. The SMILES string of the molecule is COC(=O)C1=C(O)C(=O)CC1. The summed E-state index contributed by atoms with van der Waals surface area (Å²) in [5, 5.41) is 8.99. The Kier molecular flexibility index (Phi) is 1.94. The quantitative estimate of drug-likeness (QED) is 0.556. The molecule has 0 bridgehead atoms. The molecule has 1 N–H and O–H groups in total. The predicted octanol–water partition coefficient (Wildman–Crippen LogP) is 0.334. The molecule has 4 heteroatoms. The third-order valence-electron chi connectivity index (χ3n) is 1.58. The number of esters is 1. The van der Waals surface area contributed by atoms with Crippen LogP contribution in [0.5, 0.6) is 0 Å². The number of carbonyl (C=O) groups is 2. The first kappa shape index (κ1) is 7.78. The lowest BCUT2D eigenvalue weighted by Gasteiger charge is -1.96. The predicted molar refractivity (Wildman–Crippen MR) is 35.9 cm³/mol. The number of aliphatic hydroxyl groups excluding tert-OH is 1. The second-order valence-corrected chi connectivity index (χ2v) is 2.24. The third kappa shape index (κ3) is 1.24. The lowest BCUT2D eigenvalue weighted by Crippen LogP contribution is -2.05. The van der Waals surface area contributed by atoms with Crippen molar-refractivity contribution in [3.63, 3.8) is 0 Å². The first-order valence-corrected chi connectivity index (χ1v) is 3.20. The van der Waals surface area contributed by atoms with Gasteiger partial charge in [0.05, 0.1) is 12.7 Å². The topological polar surface area (TPSA) is 63.6 Å². The van der Waals surface area contributed by atoms with Gasteiger partial charge in [0.15, 0.2) is 11.5 Å². The summed E-state index contributed by atoms with van der Waals surface area (Å²) in [7, 11) is 1.21. The van der Waals surface area contributed by atoms with Gasteiger partial charge in [-0.2, -0.15) is 0 Å². The van der Waals surface area contributed by atoms with Crippen LogP contribution in [-0.2, 0) is 14.3 Å². The van der Waals surface area contributed by atoms with Crippen LogP contribution in [0.2, 0.25) is 0 Å². The summed E-state index contributed by atoms with van der Waals surface area (Å²) in [6, 6.07) is 0. The van der Waals surface area contributed by atoms with Gasteiger partial charge in [0.25, 0.3) is 0 Å². The number of aliphatic hydroxyl groups is 1. The van der Waals surface area contributed by atoms with Crippen molar-refractivity contribution in [1.82, 2.24) is 0 Å². The molecule has 0 saturated carbocycles. The minimum Gasteiger partial charge on any atom is -0.504 e. The number of methoxy groups -OCH3 is 1. The van der Waals surface area contributed by atoms with Crippen molar-refractivity contribution in [3.8, 4) is 0 Å². The fraction of sp³-hybridized carbons (Fsp3) is 0.429. The molecule has 1 rings (SSSR count). The van der Waals surface area contributed by atoms with E-state index in [9.17, 15) is 9.59 Å². The largest absolute Gasteiger partial charge is 0.504 e. The number of ketones is 1. The molecule has 0 radical (unpaired) electrons. The van der Waals surface area contributed by atoms with Gasteiger partial charge in [0.2, 0.25) is 0 Å². The molecular formula is C7H8O4. The number of carbonyl (C=O) groups excluding carboxylic acids is 2. The van der Waals surface area contributed by atoms with E-state index >= 15 is 0 Å². The highest BCUT2D eigenvalue weighted by Crippen LogP contribution is 2.21. The van der Waals surface area contributed by atoms with Crippen LogP contribution >= 0.6 is 0 Å². The van der Waals surface area contributed by atoms with E-state index in [1.165, 1.54) is 7.11 Å². The number of rotatable bonds is 1. The maximum atomic E-state index is 10.8. The van der Waals surface area contributed by atoms with Gasteiger partial charge in [0, 0.05) is 6.42 Å². The zero-order valence-corrected chi connectivity index (χ0v) is 6.09. The molecule has 0 spiro atoms. The highest BCUT2D eigenvalue weighted by Gasteiger charge is 2.27. The molecule has 0 unspecified atom stereocenters. The van der Waals surface area contributed by atoms with Gasteiger partial charge in [-0.15, -0.1) is 0 Å². The molecule has 1 aliphatic rings.